The summed E-state index contributed by atoms with van der Waals surface area (Å²) in [5.74, 6) is 0. The largest absolute Gasteiger partial charge is 0.310 e. The van der Waals surface area contributed by atoms with E-state index in [-0.39, 0.29) is 0 Å². The van der Waals surface area contributed by atoms with Gasteiger partial charge in [0.25, 0.3) is 0 Å². The van der Waals surface area contributed by atoms with Crippen LogP contribution in [-0.4, -0.2) is 0 Å². The molecule has 0 aliphatic carbocycles. The minimum absolute atomic E-state index is 1.14. The molecule has 264 valence electrons. The highest BCUT2D eigenvalue weighted by Gasteiger charge is 2.20. The maximum Gasteiger partial charge on any atom is 0.0468 e. The second-order valence-electron chi connectivity index (χ2n) is 15.1. The molecule has 0 amide bonds. The monoisotopic (exact) mass is 731 g/mol. The number of hydrogen-bond acceptors (Lipinski definition) is 2. The van der Waals surface area contributed by atoms with Crippen LogP contribution in [0.15, 0.2) is 188 Å². The fourth-order valence-electron chi connectivity index (χ4n) is 8.88. The lowest BCUT2D eigenvalue weighted by molar-refractivity contribution is 1.26. The Morgan fingerprint density at radius 2 is 0.821 bits per heavy atom. The number of rotatable bonds is 5. The number of fused-ring (bicyclic) bond motifs is 7. The summed E-state index contributed by atoms with van der Waals surface area (Å²) in [6.45, 7) is 4.32. The molecular weight excluding hydrogens is 695 g/mol. The minimum Gasteiger partial charge on any atom is -0.310 e. The average molecular weight is 732 g/mol. The zero-order chi connectivity index (χ0) is 37.3. The van der Waals surface area contributed by atoms with Crippen molar-refractivity contribution in [2.75, 3.05) is 4.90 Å². The molecule has 10 aromatic carbocycles. The Morgan fingerprint density at radius 3 is 1.48 bits per heavy atom. The van der Waals surface area contributed by atoms with Gasteiger partial charge < -0.3 is 4.90 Å². The van der Waals surface area contributed by atoms with E-state index in [0.29, 0.717) is 0 Å². The number of nitrogens with zero attached hydrogens (tertiary/aromatic N) is 1. The van der Waals surface area contributed by atoms with E-state index in [9.17, 15) is 0 Å². The Kier molecular flexibility index (Phi) is 7.55. The molecule has 11 aromatic rings. The molecule has 0 fully saturated rings. The number of aryl methyl sites for hydroxylation is 2. The summed E-state index contributed by atoms with van der Waals surface area (Å²) in [5.41, 5.74) is 11.0. The van der Waals surface area contributed by atoms with Crippen LogP contribution in [0.4, 0.5) is 17.1 Å². The van der Waals surface area contributed by atoms with Crippen LogP contribution in [0.2, 0.25) is 0 Å². The molecule has 56 heavy (non-hydrogen) atoms. The predicted molar refractivity (Wildman–Crippen MR) is 244 cm³/mol. The van der Waals surface area contributed by atoms with Gasteiger partial charge in [-0.05, 0) is 163 Å². The number of thiophene rings is 1. The molecule has 0 spiro atoms. The van der Waals surface area contributed by atoms with Crippen molar-refractivity contribution in [3.63, 3.8) is 0 Å². The lowest BCUT2D eigenvalue weighted by atomic mass is 9.84. The highest BCUT2D eigenvalue weighted by atomic mass is 32.1. The Balaban J connectivity index is 1.13. The number of anilines is 3. The Bertz CT molecular complexity index is 3300. The lowest BCUT2D eigenvalue weighted by Gasteiger charge is -2.26. The Hall–Kier alpha value is -6.74. The predicted octanol–water partition coefficient (Wildman–Crippen LogP) is 16.1. The molecular formula is C54H37NS. The summed E-state index contributed by atoms with van der Waals surface area (Å²) in [4.78, 5) is 2.37. The number of benzene rings is 10. The molecule has 1 aromatic heterocycles. The molecule has 0 saturated heterocycles. The summed E-state index contributed by atoms with van der Waals surface area (Å²) >= 11 is 1.87. The van der Waals surface area contributed by atoms with Crippen LogP contribution in [0, 0.1) is 13.8 Å². The van der Waals surface area contributed by atoms with Gasteiger partial charge in [0.15, 0.2) is 0 Å². The molecule has 1 nitrogen and oxygen atoms in total. The second kappa shape index (κ2) is 12.9. The first-order valence-corrected chi connectivity index (χ1v) is 20.1. The van der Waals surface area contributed by atoms with Gasteiger partial charge in [-0.1, -0.05) is 115 Å². The molecule has 2 heteroatoms. The molecule has 0 unspecified atom stereocenters. The first-order valence-electron chi connectivity index (χ1n) is 19.3. The molecule has 0 radical (unpaired) electrons. The average Bonchev–Trinajstić information content (AvgIpc) is 3.60. The van der Waals surface area contributed by atoms with Gasteiger partial charge in [-0.2, -0.15) is 0 Å². The molecule has 0 aliphatic rings. The van der Waals surface area contributed by atoms with Crippen LogP contribution in [0.25, 0.3) is 85.5 Å². The Labute approximate surface area is 330 Å². The van der Waals surface area contributed by atoms with E-state index < -0.39 is 0 Å². The summed E-state index contributed by atoms with van der Waals surface area (Å²) in [6.07, 6.45) is 0. The Morgan fingerprint density at radius 1 is 0.321 bits per heavy atom. The molecule has 1 heterocycles. The molecule has 0 saturated carbocycles. The van der Waals surface area contributed by atoms with Gasteiger partial charge in [-0.15, -0.1) is 11.3 Å². The van der Waals surface area contributed by atoms with E-state index in [1.54, 1.807) is 0 Å². The van der Waals surface area contributed by atoms with Crippen molar-refractivity contribution in [3.05, 3.63) is 199 Å². The first-order chi connectivity index (χ1) is 27.6. The zero-order valence-corrected chi connectivity index (χ0v) is 32.1. The fourth-order valence-corrected chi connectivity index (χ4v) is 9.96. The number of hydrogen-bond donors (Lipinski definition) is 0. The summed E-state index contributed by atoms with van der Waals surface area (Å²) in [6, 6.07) is 70.0. The topological polar surface area (TPSA) is 3.24 Å². The first kappa shape index (κ1) is 32.7. The SMILES string of the molecule is Cc1cccc(N(c2cccc(C)c2)c2ccc3cc(-c4c5ccccc5c(-c5ccc6sc7ccccc7c6c5)c5cc6ccccc6cc45)ccc3c2)c1. The highest BCUT2D eigenvalue weighted by Crippen LogP contribution is 2.47. The van der Waals surface area contributed by atoms with E-state index in [1.807, 2.05) is 11.3 Å². The molecule has 11 rings (SSSR count). The van der Waals surface area contributed by atoms with Crippen molar-refractivity contribution in [1.82, 2.24) is 0 Å². The summed E-state index contributed by atoms with van der Waals surface area (Å²) in [5, 5.41) is 12.7. The standard InChI is InChI=1S/C54H37NS/c1-34-11-9-15-42(27-34)55(43-16-10-12-35(2)28-43)44-25-23-38-29-40(22-21-39(38)30-44)53-46-18-5-6-19-47(46)54(50-32-37-14-4-3-13-36(37)31-49(50)53)41-24-26-52-48(33-41)45-17-7-8-20-51(45)56-52/h3-33H,1-2H3. The summed E-state index contributed by atoms with van der Waals surface area (Å²) in [7, 11) is 0. The van der Waals surface area contributed by atoms with Crippen molar-refractivity contribution >= 4 is 91.7 Å². The maximum absolute atomic E-state index is 2.43. The van der Waals surface area contributed by atoms with Gasteiger partial charge in [-0.3, -0.25) is 0 Å². The lowest BCUT2D eigenvalue weighted by Crippen LogP contribution is -2.10. The van der Waals surface area contributed by atoms with E-state index in [0.717, 1.165) is 17.1 Å². The zero-order valence-electron chi connectivity index (χ0n) is 31.3. The normalized spacial score (nSPS) is 11.8. The van der Waals surface area contributed by atoms with E-state index in [4.69, 9.17) is 0 Å². The van der Waals surface area contributed by atoms with Crippen molar-refractivity contribution in [2.45, 2.75) is 13.8 Å². The van der Waals surface area contributed by atoms with E-state index >= 15 is 0 Å². The van der Waals surface area contributed by atoms with Crippen molar-refractivity contribution in [3.8, 4) is 22.3 Å². The molecule has 0 atom stereocenters. The third kappa shape index (κ3) is 5.37. The highest BCUT2D eigenvalue weighted by molar-refractivity contribution is 7.25. The van der Waals surface area contributed by atoms with Crippen LogP contribution >= 0.6 is 11.3 Å². The van der Waals surface area contributed by atoms with Crippen LogP contribution < -0.4 is 4.90 Å². The van der Waals surface area contributed by atoms with Crippen LogP contribution in [0.3, 0.4) is 0 Å². The van der Waals surface area contributed by atoms with Crippen LogP contribution in [0.5, 0.6) is 0 Å². The van der Waals surface area contributed by atoms with Crippen LogP contribution in [-0.2, 0) is 0 Å². The smallest absolute Gasteiger partial charge is 0.0468 e. The van der Waals surface area contributed by atoms with Crippen molar-refractivity contribution in [2.24, 2.45) is 0 Å². The van der Waals surface area contributed by atoms with Gasteiger partial charge in [0, 0.05) is 37.2 Å². The van der Waals surface area contributed by atoms with Gasteiger partial charge in [0.05, 0.1) is 0 Å². The van der Waals surface area contributed by atoms with Gasteiger partial charge in [0.2, 0.25) is 0 Å². The van der Waals surface area contributed by atoms with E-state index in [2.05, 4.69) is 207 Å². The third-order valence-corrected chi connectivity index (χ3v) is 12.6. The summed E-state index contributed by atoms with van der Waals surface area (Å²) < 4.78 is 2.66. The quantitative estimate of drug-likeness (QED) is 0.159. The van der Waals surface area contributed by atoms with Gasteiger partial charge >= 0.3 is 0 Å². The fraction of sp³-hybridized carbons (Fsp3) is 0.0370. The molecule has 0 N–H and O–H groups in total. The van der Waals surface area contributed by atoms with Crippen LogP contribution in [0.1, 0.15) is 11.1 Å². The van der Waals surface area contributed by atoms with Gasteiger partial charge in [0.1, 0.15) is 0 Å². The maximum atomic E-state index is 2.43. The van der Waals surface area contributed by atoms with Crippen molar-refractivity contribution < 1.29 is 0 Å². The van der Waals surface area contributed by atoms with Gasteiger partial charge in [-0.25, -0.2) is 0 Å². The minimum atomic E-state index is 1.14. The van der Waals surface area contributed by atoms with Crippen molar-refractivity contribution in [1.29, 1.82) is 0 Å². The molecule has 0 bridgehead atoms. The third-order valence-electron chi connectivity index (χ3n) is 11.4. The molecule has 0 aliphatic heterocycles. The second-order valence-corrected chi connectivity index (χ2v) is 16.2. The van der Waals surface area contributed by atoms with E-state index in [1.165, 1.54) is 96.6 Å².